The third-order valence-corrected chi connectivity index (χ3v) is 4.47. The Morgan fingerprint density at radius 3 is 2.52 bits per heavy atom. The van der Waals surface area contributed by atoms with Gasteiger partial charge in [-0.05, 0) is 62.6 Å². The van der Waals surface area contributed by atoms with Crippen LogP contribution in [0.15, 0.2) is 47.6 Å². The van der Waals surface area contributed by atoms with Crippen molar-refractivity contribution in [2.75, 3.05) is 7.11 Å². The van der Waals surface area contributed by atoms with Gasteiger partial charge in [-0.15, -0.1) is 0 Å². The van der Waals surface area contributed by atoms with E-state index < -0.39 is 17.7 Å². The summed E-state index contributed by atoms with van der Waals surface area (Å²) >= 11 is 0. The van der Waals surface area contributed by atoms with Crippen LogP contribution >= 0.6 is 0 Å². The number of amides is 1. The number of ether oxygens (including phenoxy) is 3. The van der Waals surface area contributed by atoms with Crippen LogP contribution < -0.4 is 14.8 Å². The number of nitrogens with one attached hydrogen (secondary N) is 1. The number of hydrogen-bond acceptors (Lipinski definition) is 6. The fourth-order valence-electron chi connectivity index (χ4n) is 3.17. The number of nitrogens with zero attached hydrogens (tertiary/aromatic N) is 1. The monoisotopic (exact) mass is 398 g/mol. The van der Waals surface area contributed by atoms with Gasteiger partial charge in [-0.3, -0.25) is 0 Å². The van der Waals surface area contributed by atoms with E-state index in [9.17, 15) is 10.0 Å². The van der Waals surface area contributed by atoms with Gasteiger partial charge in [0.2, 0.25) is 0 Å². The van der Waals surface area contributed by atoms with Crippen LogP contribution in [0.25, 0.3) is 0 Å². The number of carbonyl (C=O) groups excluding carboxylic acids is 1. The molecule has 0 saturated carbocycles. The number of carbonyl (C=O) groups is 1. The van der Waals surface area contributed by atoms with Crippen molar-refractivity contribution in [2.45, 2.75) is 45.3 Å². The minimum absolute atomic E-state index is 0.436. The predicted molar refractivity (Wildman–Crippen MR) is 109 cm³/mol. The van der Waals surface area contributed by atoms with Crippen molar-refractivity contribution in [2.24, 2.45) is 5.16 Å². The Hall–Kier alpha value is -3.22. The number of oxime groups is 1. The van der Waals surface area contributed by atoms with Crippen molar-refractivity contribution in [3.8, 4) is 17.2 Å². The third-order valence-electron chi connectivity index (χ3n) is 4.47. The summed E-state index contributed by atoms with van der Waals surface area (Å²) in [5, 5.41) is 15.6. The second kappa shape index (κ2) is 8.43. The fourth-order valence-corrected chi connectivity index (χ4v) is 3.17. The van der Waals surface area contributed by atoms with Gasteiger partial charge >= 0.3 is 6.09 Å². The second-order valence-corrected chi connectivity index (χ2v) is 7.88. The molecule has 0 unspecified atom stereocenters. The van der Waals surface area contributed by atoms with E-state index in [4.69, 9.17) is 14.2 Å². The first-order valence-electron chi connectivity index (χ1n) is 9.41. The highest BCUT2D eigenvalue weighted by Crippen LogP contribution is 2.29. The van der Waals surface area contributed by atoms with Crippen LogP contribution in [0, 0.1) is 0 Å². The summed E-state index contributed by atoms with van der Waals surface area (Å²) in [6, 6.07) is 12.7. The molecule has 0 spiro atoms. The molecule has 7 nitrogen and oxygen atoms in total. The molecule has 0 radical (unpaired) electrons. The maximum Gasteiger partial charge on any atom is 0.408 e. The molecule has 1 amide bonds. The van der Waals surface area contributed by atoms with E-state index >= 15 is 0 Å². The SMILES string of the molecule is COc1cccc(Oc2ccc3c(c2)C[C@H](NC(=O)OC(C)(C)C)C(=NO)C3)c1. The van der Waals surface area contributed by atoms with Crippen LogP contribution in [-0.4, -0.2) is 35.8 Å². The molecule has 3 rings (SSSR count). The summed E-state index contributed by atoms with van der Waals surface area (Å²) in [6.07, 6.45) is 0.366. The normalized spacial score (nSPS) is 17.4. The van der Waals surface area contributed by atoms with Crippen molar-refractivity contribution in [3.63, 3.8) is 0 Å². The molecular weight excluding hydrogens is 372 g/mol. The van der Waals surface area contributed by atoms with Gasteiger partial charge < -0.3 is 24.7 Å². The summed E-state index contributed by atoms with van der Waals surface area (Å²) in [5.74, 6) is 2.06. The zero-order valence-electron chi connectivity index (χ0n) is 17.1. The first-order chi connectivity index (χ1) is 13.8. The Bertz CT molecular complexity index is 918. The van der Waals surface area contributed by atoms with E-state index in [2.05, 4.69) is 10.5 Å². The van der Waals surface area contributed by atoms with Gasteiger partial charge in [-0.25, -0.2) is 4.79 Å². The number of hydrogen-bond donors (Lipinski definition) is 2. The third kappa shape index (κ3) is 5.40. The molecule has 0 aliphatic heterocycles. The highest BCUT2D eigenvalue weighted by molar-refractivity contribution is 5.95. The number of alkyl carbamates (subject to hydrolysis) is 1. The van der Waals surface area contributed by atoms with Crippen molar-refractivity contribution < 1.29 is 24.2 Å². The zero-order valence-corrected chi connectivity index (χ0v) is 17.1. The molecule has 2 aromatic carbocycles. The Morgan fingerprint density at radius 2 is 1.83 bits per heavy atom. The topological polar surface area (TPSA) is 89.4 Å². The van der Waals surface area contributed by atoms with Gasteiger partial charge in [0.25, 0.3) is 0 Å². The van der Waals surface area contributed by atoms with E-state index in [1.54, 1.807) is 27.9 Å². The Labute approximate surface area is 170 Å². The maximum absolute atomic E-state index is 12.2. The molecule has 1 aliphatic rings. The van der Waals surface area contributed by atoms with Gasteiger partial charge in [0.15, 0.2) is 0 Å². The van der Waals surface area contributed by atoms with E-state index in [0.717, 1.165) is 11.1 Å². The van der Waals surface area contributed by atoms with Crippen LogP contribution in [0.2, 0.25) is 0 Å². The highest BCUT2D eigenvalue weighted by atomic mass is 16.6. The molecule has 0 saturated heterocycles. The summed E-state index contributed by atoms with van der Waals surface area (Å²) in [4.78, 5) is 12.2. The Morgan fingerprint density at radius 1 is 1.10 bits per heavy atom. The fraction of sp³-hybridized carbons (Fsp3) is 0.364. The van der Waals surface area contributed by atoms with Crippen LogP contribution in [0.4, 0.5) is 4.79 Å². The first-order valence-corrected chi connectivity index (χ1v) is 9.41. The maximum atomic E-state index is 12.2. The summed E-state index contributed by atoms with van der Waals surface area (Å²) in [7, 11) is 1.61. The smallest absolute Gasteiger partial charge is 0.408 e. The largest absolute Gasteiger partial charge is 0.497 e. The van der Waals surface area contributed by atoms with Crippen molar-refractivity contribution >= 4 is 11.8 Å². The van der Waals surface area contributed by atoms with Crippen LogP contribution in [-0.2, 0) is 17.6 Å². The molecular formula is C22H26N2O5. The zero-order chi connectivity index (χ0) is 21.0. The molecule has 154 valence electrons. The highest BCUT2D eigenvalue weighted by Gasteiger charge is 2.28. The number of fused-ring (bicyclic) bond motifs is 1. The average molecular weight is 398 g/mol. The molecule has 1 atom stereocenters. The first kappa shape index (κ1) is 20.5. The van der Waals surface area contributed by atoms with Gasteiger partial charge in [-0.1, -0.05) is 17.3 Å². The summed E-state index contributed by atoms with van der Waals surface area (Å²) in [5.41, 5.74) is 1.92. The molecule has 0 bridgehead atoms. The molecule has 2 aromatic rings. The van der Waals surface area contributed by atoms with Crippen LogP contribution in [0.3, 0.4) is 0 Å². The summed E-state index contributed by atoms with van der Waals surface area (Å²) in [6.45, 7) is 5.39. The predicted octanol–water partition coefficient (Wildman–Crippen LogP) is 4.31. The lowest BCUT2D eigenvalue weighted by Gasteiger charge is -2.28. The Balaban J connectivity index is 1.77. The van der Waals surface area contributed by atoms with E-state index in [0.29, 0.717) is 35.8 Å². The molecule has 1 aliphatic carbocycles. The number of rotatable bonds is 4. The van der Waals surface area contributed by atoms with E-state index in [1.807, 2.05) is 42.5 Å². The van der Waals surface area contributed by atoms with E-state index in [-0.39, 0.29) is 0 Å². The van der Waals surface area contributed by atoms with Gasteiger partial charge in [0, 0.05) is 12.5 Å². The molecule has 0 fully saturated rings. The standard InChI is InChI=1S/C22H26N2O5/c1-22(2,3)29-21(25)23-19-12-15-10-18(9-8-14(15)11-20(19)24-26)28-17-7-5-6-16(13-17)27-4/h5-10,13,19,26H,11-12H2,1-4H3,(H,23,25)/t19-/m0/s1. The minimum Gasteiger partial charge on any atom is -0.497 e. The van der Waals surface area contributed by atoms with Crippen molar-refractivity contribution in [1.82, 2.24) is 5.32 Å². The lowest BCUT2D eigenvalue weighted by atomic mass is 9.86. The van der Waals surface area contributed by atoms with Crippen molar-refractivity contribution in [1.29, 1.82) is 0 Å². The number of methoxy groups -OCH3 is 1. The van der Waals surface area contributed by atoms with Crippen molar-refractivity contribution in [3.05, 3.63) is 53.6 Å². The van der Waals surface area contributed by atoms with Crippen LogP contribution in [0.5, 0.6) is 17.2 Å². The second-order valence-electron chi connectivity index (χ2n) is 7.88. The quantitative estimate of drug-likeness (QED) is 0.592. The molecule has 0 aromatic heterocycles. The summed E-state index contributed by atoms with van der Waals surface area (Å²) < 4.78 is 16.5. The number of benzene rings is 2. The molecule has 0 heterocycles. The lowest BCUT2D eigenvalue weighted by Crippen LogP contribution is -2.47. The van der Waals surface area contributed by atoms with Gasteiger partial charge in [0.05, 0.1) is 18.9 Å². The molecule has 29 heavy (non-hydrogen) atoms. The van der Waals surface area contributed by atoms with Crippen LogP contribution in [0.1, 0.15) is 31.9 Å². The van der Waals surface area contributed by atoms with Gasteiger partial charge in [-0.2, -0.15) is 0 Å². The molecule has 7 heteroatoms. The minimum atomic E-state index is -0.606. The molecule has 2 N–H and O–H groups in total. The Kier molecular flexibility index (Phi) is 5.96. The van der Waals surface area contributed by atoms with Gasteiger partial charge in [0.1, 0.15) is 22.8 Å². The average Bonchev–Trinajstić information content (AvgIpc) is 2.66. The lowest BCUT2D eigenvalue weighted by molar-refractivity contribution is 0.0516. The van der Waals surface area contributed by atoms with E-state index in [1.165, 1.54) is 0 Å².